The fourth-order valence-corrected chi connectivity index (χ4v) is 3.22. The molecule has 2 N–H and O–H groups in total. The summed E-state index contributed by atoms with van der Waals surface area (Å²) in [5.74, 6) is 1.55. The van der Waals surface area contributed by atoms with E-state index >= 15 is 0 Å². The second-order valence-corrected chi connectivity index (χ2v) is 7.00. The first-order chi connectivity index (χ1) is 11.6. The van der Waals surface area contributed by atoms with Gasteiger partial charge in [0.15, 0.2) is 0 Å². The third-order valence-corrected chi connectivity index (χ3v) is 4.80. The van der Waals surface area contributed by atoms with Crippen molar-refractivity contribution in [3.63, 3.8) is 0 Å². The van der Waals surface area contributed by atoms with Gasteiger partial charge in [0.2, 0.25) is 5.88 Å². The zero-order valence-electron chi connectivity index (χ0n) is 13.5. The number of rotatable bonds is 4. The summed E-state index contributed by atoms with van der Waals surface area (Å²) >= 11 is 3.38. The van der Waals surface area contributed by atoms with E-state index in [0.29, 0.717) is 36.2 Å². The molecule has 0 bridgehead atoms. The first kappa shape index (κ1) is 16.9. The van der Waals surface area contributed by atoms with Crippen LogP contribution in [0.3, 0.4) is 0 Å². The van der Waals surface area contributed by atoms with Crippen LogP contribution in [0.25, 0.3) is 0 Å². The van der Waals surface area contributed by atoms with Gasteiger partial charge in [0.1, 0.15) is 5.75 Å². The summed E-state index contributed by atoms with van der Waals surface area (Å²) in [7, 11) is 0. The number of pyridine rings is 1. The maximum Gasteiger partial charge on any atom is 0.255 e. The van der Waals surface area contributed by atoms with Gasteiger partial charge in [0.05, 0.1) is 5.56 Å². The van der Waals surface area contributed by atoms with Gasteiger partial charge in [-0.1, -0.05) is 15.9 Å². The molecule has 2 aromatic rings. The van der Waals surface area contributed by atoms with Gasteiger partial charge in [-0.2, -0.15) is 0 Å². The van der Waals surface area contributed by atoms with E-state index in [1.807, 2.05) is 29.2 Å². The highest BCUT2D eigenvalue weighted by Crippen LogP contribution is 2.25. The fraction of sp³-hybridized carbons (Fsp3) is 0.333. The van der Waals surface area contributed by atoms with E-state index in [1.165, 1.54) is 0 Å². The monoisotopic (exact) mass is 389 g/mol. The van der Waals surface area contributed by atoms with Crippen LogP contribution in [0.5, 0.6) is 11.6 Å². The van der Waals surface area contributed by atoms with Crippen molar-refractivity contribution in [2.24, 2.45) is 11.7 Å². The Morgan fingerprint density at radius 3 is 2.67 bits per heavy atom. The number of nitrogens with zero attached hydrogens (tertiary/aromatic N) is 2. The number of benzene rings is 1. The van der Waals surface area contributed by atoms with Crippen molar-refractivity contribution in [2.45, 2.75) is 19.4 Å². The van der Waals surface area contributed by atoms with E-state index in [4.69, 9.17) is 10.5 Å². The summed E-state index contributed by atoms with van der Waals surface area (Å²) in [6.45, 7) is 3.39. The van der Waals surface area contributed by atoms with Gasteiger partial charge >= 0.3 is 0 Å². The summed E-state index contributed by atoms with van der Waals surface area (Å²) in [6, 6.07) is 11.2. The zero-order valence-corrected chi connectivity index (χ0v) is 15.1. The first-order valence-corrected chi connectivity index (χ1v) is 8.76. The second kappa shape index (κ2) is 7.32. The molecule has 6 heteroatoms. The SMILES string of the molecule is CC1CC(CN)CN1C(=O)c1ccc(Oc2ccc(Br)cc2)nc1. The van der Waals surface area contributed by atoms with Gasteiger partial charge < -0.3 is 15.4 Å². The third-order valence-electron chi connectivity index (χ3n) is 4.27. The van der Waals surface area contributed by atoms with Crippen molar-refractivity contribution < 1.29 is 9.53 Å². The smallest absolute Gasteiger partial charge is 0.255 e. The van der Waals surface area contributed by atoms with Crippen molar-refractivity contribution in [3.05, 3.63) is 52.6 Å². The normalized spacial score (nSPS) is 20.2. The van der Waals surface area contributed by atoms with Crippen molar-refractivity contribution in [1.29, 1.82) is 0 Å². The Morgan fingerprint density at radius 1 is 1.33 bits per heavy atom. The van der Waals surface area contributed by atoms with E-state index in [2.05, 4.69) is 27.8 Å². The van der Waals surface area contributed by atoms with Gasteiger partial charge in [-0.15, -0.1) is 0 Å². The number of hydrogen-bond acceptors (Lipinski definition) is 4. The number of amides is 1. The molecule has 0 spiro atoms. The van der Waals surface area contributed by atoms with Crippen LogP contribution in [-0.2, 0) is 0 Å². The van der Waals surface area contributed by atoms with Crippen LogP contribution in [0.1, 0.15) is 23.7 Å². The molecule has 1 fully saturated rings. The molecule has 1 saturated heterocycles. The molecule has 1 aliphatic heterocycles. The Morgan fingerprint density at radius 2 is 2.08 bits per heavy atom. The van der Waals surface area contributed by atoms with Gasteiger partial charge in [0, 0.05) is 29.3 Å². The van der Waals surface area contributed by atoms with E-state index in [0.717, 1.165) is 10.9 Å². The Labute approximate surface area is 149 Å². The van der Waals surface area contributed by atoms with Gasteiger partial charge in [-0.05, 0) is 56.1 Å². The number of likely N-dealkylation sites (tertiary alicyclic amines) is 1. The van der Waals surface area contributed by atoms with Crippen LogP contribution < -0.4 is 10.5 Å². The van der Waals surface area contributed by atoms with E-state index in [1.54, 1.807) is 18.3 Å². The van der Waals surface area contributed by atoms with Crippen LogP contribution in [0.2, 0.25) is 0 Å². The Hall–Kier alpha value is -1.92. The van der Waals surface area contributed by atoms with Crippen molar-refractivity contribution in [3.8, 4) is 11.6 Å². The molecule has 1 aliphatic rings. The summed E-state index contributed by atoms with van der Waals surface area (Å²) < 4.78 is 6.66. The molecular formula is C18H20BrN3O2. The average molecular weight is 390 g/mol. The third kappa shape index (κ3) is 3.76. The quantitative estimate of drug-likeness (QED) is 0.869. The molecule has 2 heterocycles. The number of ether oxygens (including phenoxy) is 1. The molecule has 1 amide bonds. The molecule has 0 aliphatic carbocycles. The van der Waals surface area contributed by atoms with Crippen LogP contribution in [-0.4, -0.2) is 34.9 Å². The minimum atomic E-state index is 0.00106. The molecule has 5 nitrogen and oxygen atoms in total. The standard InChI is InChI=1S/C18H20BrN3O2/c1-12-8-13(9-20)11-22(12)18(23)14-2-7-17(21-10-14)24-16-5-3-15(19)4-6-16/h2-7,10,12-13H,8-9,11,20H2,1H3. The summed E-state index contributed by atoms with van der Waals surface area (Å²) in [6.07, 6.45) is 2.53. The molecular weight excluding hydrogens is 370 g/mol. The van der Waals surface area contributed by atoms with Crippen LogP contribution >= 0.6 is 15.9 Å². The van der Waals surface area contributed by atoms with Gasteiger partial charge in [-0.25, -0.2) is 4.98 Å². The number of carbonyl (C=O) groups excluding carboxylic acids is 1. The molecule has 0 saturated carbocycles. The second-order valence-electron chi connectivity index (χ2n) is 6.09. The highest BCUT2D eigenvalue weighted by Gasteiger charge is 2.32. The van der Waals surface area contributed by atoms with Gasteiger partial charge in [0.25, 0.3) is 5.91 Å². The lowest BCUT2D eigenvalue weighted by molar-refractivity contribution is 0.0743. The molecule has 1 aromatic heterocycles. The summed E-state index contributed by atoms with van der Waals surface area (Å²) in [5.41, 5.74) is 6.30. The lowest BCUT2D eigenvalue weighted by atomic mass is 10.1. The summed E-state index contributed by atoms with van der Waals surface area (Å²) in [4.78, 5) is 18.8. The van der Waals surface area contributed by atoms with E-state index in [-0.39, 0.29) is 11.9 Å². The van der Waals surface area contributed by atoms with Gasteiger partial charge in [-0.3, -0.25) is 4.79 Å². The highest BCUT2D eigenvalue weighted by molar-refractivity contribution is 9.10. The minimum Gasteiger partial charge on any atom is -0.439 e. The van der Waals surface area contributed by atoms with E-state index < -0.39 is 0 Å². The van der Waals surface area contributed by atoms with Crippen LogP contribution in [0.15, 0.2) is 47.1 Å². The van der Waals surface area contributed by atoms with Crippen molar-refractivity contribution in [1.82, 2.24) is 9.88 Å². The maximum absolute atomic E-state index is 12.6. The van der Waals surface area contributed by atoms with Crippen LogP contribution in [0, 0.1) is 5.92 Å². The predicted molar refractivity (Wildman–Crippen MR) is 96.1 cm³/mol. The Kier molecular flexibility index (Phi) is 5.16. The average Bonchev–Trinajstić information content (AvgIpc) is 2.98. The molecule has 126 valence electrons. The summed E-state index contributed by atoms with van der Waals surface area (Å²) in [5, 5.41) is 0. The Bertz CT molecular complexity index is 703. The molecule has 24 heavy (non-hydrogen) atoms. The van der Waals surface area contributed by atoms with Crippen molar-refractivity contribution in [2.75, 3.05) is 13.1 Å². The molecule has 2 unspecified atom stereocenters. The number of halogens is 1. The minimum absolute atomic E-state index is 0.00106. The molecule has 2 atom stereocenters. The lowest BCUT2D eigenvalue weighted by Crippen LogP contribution is -2.34. The number of hydrogen-bond donors (Lipinski definition) is 1. The Balaban J connectivity index is 1.68. The van der Waals surface area contributed by atoms with Crippen molar-refractivity contribution >= 4 is 21.8 Å². The van der Waals surface area contributed by atoms with Crippen LogP contribution in [0.4, 0.5) is 0 Å². The number of carbonyl (C=O) groups is 1. The highest BCUT2D eigenvalue weighted by atomic mass is 79.9. The largest absolute Gasteiger partial charge is 0.439 e. The van der Waals surface area contributed by atoms with E-state index in [9.17, 15) is 4.79 Å². The lowest BCUT2D eigenvalue weighted by Gasteiger charge is -2.21. The topological polar surface area (TPSA) is 68.5 Å². The number of nitrogens with two attached hydrogens (primary N) is 1. The zero-order chi connectivity index (χ0) is 17.1. The first-order valence-electron chi connectivity index (χ1n) is 7.97. The maximum atomic E-state index is 12.6. The molecule has 1 aromatic carbocycles. The predicted octanol–water partition coefficient (Wildman–Crippen LogP) is 3.45. The fourth-order valence-electron chi connectivity index (χ4n) is 2.95. The number of aromatic nitrogens is 1. The molecule has 3 rings (SSSR count). The molecule has 0 radical (unpaired) electrons.